The van der Waals surface area contributed by atoms with Gasteiger partial charge in [-0.05, 0) is 25.0 Å². The molecule has 1 aromatic heterocycles. The summed E-state index contributed by atoms with van der Waals surface area (Å²) in [5.74, 6) is -2.01. The van der Waals surface area contributed by atoms with Crippen molar-refractivity contribution >= 4 is 39.1 Å². The molecular formula is C18H22F2N6O4S. The van der Waals surface area contributed by atoms with Gasteiger partial charge in [0.15, 0.2) is 5.82 Å². The van der Waals surface area contributed by atoms with Crippen LogP contribution in [0.2, 0.25) is 0 Å². The van der Waals surface area contributed by atoms with Gasteiger partial charge in [0.05, 0.1) is 24.1 Å². The Kier molecular flexibility index (Phi) is 7.17. The first kappa shape index (κ1) is 22.6. The number of sulfonamides is 1. The van der Waals surface area contributed by atoms with E-state index in [0.29, 0.717) is 25.5 Å². The first-order chi connectivity index (χ1) is 14.8. The van der Waals surface area contributed by atoms with Crippen molar-refractivity contribution in [1.29, 1.82) is 0 Å². The number of ether oxygens (including phenoxy) is 1. The number of nitrogens with zero attached hydrogens (tertiary/aromatic N) is 2. The van der Waals surface area contributed by atoms with Crippen molar-refractivity contribution < 1.29 is 26.7 Å². The zero-order valence-electron chi connectivity index (χ0n) is 16.6. The van der Waals surface area contributed by atoms with Gasteiger partial charge in [0.2, 0.25) is 10.0 Å². The highest BCUT2D eigenvalue weighted by molar-refractivity contribution is 7.92. The first-order valence-electron chi connectivity index (χ1n) is 9.50. The minimum atomic E-state index is -3.80. The minimum absolute atomic E-state index is 0.0824. The van der Waals surface area contributed by atoms with E-state index in [4.69, 9.17) is 4.74 Å². The zero-order chi connectivity index (χ0) is 22.4. The number of urea groups is 1. The molecule has 10 nitrogen and oxygen atoms in total. The third-order valence-electron chi connectivity index (χ3n) is 4.26. The third kappa shape index (κ3) is 6.21. The summed E-state index contributed by atoms with van der Waals surface area (Å²) < 4.78 is 59.8. The summed E-state index contributed by atoms with van der Waals surface area (Å²) in [6.07, 6.45) is 2.34. The highest BCUT2D eigenvalue weighted by atomic mass is 32.2. The number of hydrogen-bond acceptors (Lipinski definition) is 7. The SMILES string of the molecule is CCCS(=O)(=O)Nc1ccc(F)c(NC(=O)Nc2cc(NC3CCOC3)ncn2)c1F. The van der Waals surface area contributed by atoms with Gasteiger partial charge in [0.25, 0.3) is 0 Å². The molecule has 2 amide bonds. The third-order valence-corrected chi connectivity index (χ3v) is 5.73. The second-order valence-electron chi connectivity index (χ2n) is 6.78. The number of anilines is 4. The summed E-state index contributed by atoms with van der Waals surface area (Å²) in [7, 11) is -3.80. The molecule has 1 unspecified atom stereocenters. The van der Waals surface area contributed by atoms with Crippen LogP contribution in [0.25, 0.3) is 0 Å². The number of carbonyl (C=O) groups excluding carboxylic acids is 1. The van der Waals surface area contributed by atoms with Crippen LogP contribution in [0.3, 0.4) is 0 Å². The Morgan fingerprint density at radius 3 is 2.71 bits per heavy atom. The van der Waals surface area contributed by atoms with Gasteiger partial charge in [-0.1, -0.05) is 6.92 Å². The molecule has 1 atom stereocenters. The van der Waals surface area contributed by atoms with E-state index in [1.165, 1.54) is 12.4 Å². The molecule has 2 aromatic rings. The van der Waals surface area contributed by atoms with Gasteiger partial charge < -0.3 is 15.4 Å². The monoisotopic (exact) mass is 456 g/mol. The summed E-state index contributed by atoms with van der Waals surface area (Å²) in [4.78, 5) is 20.2. The van der Waals surface area contributed by atoms with Crippen LogP contribution in [0.15, 0.2) is 24.5 Å². The van der Waals surface area contributed by atoms with Crippen LogP contribution in [0, 0.1) is 11.6 Å². The number of halogens is 2. The van der Waals surface area contributed by atoms with E-state index >= 15 is 0 Å². The smallest absolute Gasteiger partial charge is 0.325 e. The molecule has 1 aliphatic rings. The zero-order valence-corrected chi connectivity index (χ0v) is 17.4. The van der Waals surface area contributed by atoms with Crippen molar-refractivity contribution in [3.63, 3.8) is 0 Å². The average molecular weight is 456 g/mol. The number of aromatic nitrogens is 2. The maximum absolute atomic E-state index is 14.6. The molecule has 1 aromatic carbocycles. The van der Waals surface area contributed by atoms with Crippen LogP contribution in [0.5, 0.6) is 0 Å². The van der Waals surface area contributed by atoms with Crippen molar-refractivity contribution in [1.82, 2.24) is 9.97 Å². The molecule has 1 aliphatic heterocycles. The lowest BCUT2D eigenvalue weighted by molar-refractivity contribution is 0.195. The number of rotatable bonds is 8. The number of benzene rings is 1. The highest BCUT2D eigenvalue weighted by Crippen LogP contribution is 2.27. The lowest BCUT2D eigenvalue weighted by Gasteiger charge is -2.14. The van der Waals surface area contributed by atoms with Gasteiger partial charge in [0, 0.05) is 12.7 Å². The average Bonchev–Trinajstić information content (AvgIpc) is 3.20. The fraction of sp³-hybridized carbons (Fsp3) is 0.389. The van der Waals surface area contributed by atoms with Gasteiger partial charge in [-0.2, -0.15) is 0 Å². The lowest BCUT2D eigenvalue weighted by atomic mass is 10.2. The molecule has 1 fully saturated rings. The summed E-state index contributed by atoms with van der Waals surface area (Å²) in [5.41, 5.74) is -1.28. The van der Waals surface area contributed by atoms with Crippen LogP contribution in [0.4, 0.5) is 36.6 Å². The summed E-state index contributed by atoms with van der Waals surface area (Å²) >= 11 is 0. The quantitative estimate of drug-likeness (QED) is 0.480. The van der Waals surface area contributed by atoms with Crippen LogP contribution in [-0.4, -0.2) is 49.4 Å². The molecule has 0 bridgehead atoms. The Hall–Kier alpha value is -3.06. The van der Waals surface area contributed by atoms with Gasteiger partial charge >= 0.3 is 6.03 Å². The molecule has 31 heavy (non-hydrogen) atoms. The molecule has 0 aliphatic carbocycles. The van der Waals surface area contributed by atoms with Crippen molar-refractivity contribution in [3.05, 3.63) is 36.2 Å². The molecule has 0 spiro atoms. The van der Waals surface area contributed by atoms with Crippen LogP contribution < -0.4 is 20.7 Å². The van der Waals surface area contributed by atoms with Crippen molar-refractivity contribution in [2.75, 3.05) is 39.6 Å². The van der Waals surface area contributed by atoms with E-state index in [0.717, 1.165) is 18.6 Å². The maximum Gasteiger partial charge on any atom is 0.325 e. The molecule has 1 saturated heterocycles. The van der Waals surface area contributed by atoms with Gasteiger partial charge in [-0.3, -0.25) is 10.0 Å². The van der Waals surface area contributed by atoms with E-state index in [-0.39, 0.29) is 17.6 Å². The van der Waals surface area contributed by atoms with Crippen LogP contribution >= 0.6 is 0 Å². The molecule has 0 radical (unpaired) electrons. The van der Waals surface area contributed by atoms with Gasteiger partial charge in [-0.25, -0.2) is 32.0 Å². The normalized spacial score (nSPS) is 16.0. The maximum atomic E-state index is 14.6. The summed E-state index contributed by atoms with van der Waals surface area (Å²) in [6.45, 7) is 2.82. The molecule has 2 heterocycles. The number of hydrogen-bond donors (Lipinski definition) is 4. The van der Waals surface area contributed by atoms with E-state index in [2.05, 4.69) is 20.6 Å². The Bertz CT molecular complexity index is 1050. The Morgan fingerprint density at radius 2 is 2.00 bits per heavy atom. The second-order valence-corrected chi connectivity index (χ2v) is 8.62. The fourth-order valence-corrected chi connectivity index (χ4v) is 3.99. The Morgan fingerprint density at radius 1 is 1.23 bits per heavy atom. The molecular weight excluding hydrogens is 434 g/mol. The van der Waals surface area contributed by atoms with E-state index in [1.807, 2.05) is 10.0 Å². The van der Waals surface area contributed by atoms with Crippen molar-refractivity contribution in [2.45, 2.75) is 25.8 Å². The molecule has 4 N–H and O–H groups in total. The Labute approximate surface area is 177 Å². The van der Waals surface area contributed by atoms with Crippen LogP contribution in [-0.2, 0) is 14.8 Å². The van der Waals surface area contributed by atoms with Crippen molar-refractivity contribution in [3.8, 4) is 0 Å². The summed E-state index contributed by atoms with van der Waals surface area (Å²) in [6, 6.07) is 2.36. The number of amides is 2. The molecule has 0 saturated carbocycles. The highest BCUT2D eigenvalue weighted by Gasteiger charge is 2.20. The van der Waals surface area contributed by atoms with E-state index < -0.39 is 39.1 Å². The largest absolute Gasteiger partial charge is 0.379 e. The predicted molar refractivity (Wildman–Crippen MR) is 112 cm³/mol. The van der Waals surface area contributed by atoms with E-state index in [9.17, 15) is 22.0 Å². The first-order valence-corrected chi connectivity index (χ1v) is 11.2. The number of nitrogens with one attached hydrogen (secondary N) is 4. The Balaban J connectivity index is 1.69. The molecule has 3 rings (SSSR count). The minimum Gasteiger partial charge on any atom is -0.379 e. The fourth-order valence-electron chi connectivity index (χ4n) is 2.86. The van der Waals surface area contributed by atoms with Crippen molar-refractivity contribution in [2.24, 2.45) is 0 Å². The van der Waals surface area contributed by atoms with Gasteiger partial charge in [-0.15, -0.1) is 0 Å². The second kappa shape index (κ2) is 9.83. The standard InChI is InChI=1S/C18H22F2N6O4S/c1-2-7-31(28,29)26-13-4-3-12(19)17(16(13)20)25-18(27)24-15-8-14(21-10-22-15)23-11-5-6-30-9-11/h3-4,8,10-11,26H,2,5-7,9H2,1H3,(H3,21,22,23,24,25,27). The van der Waals surface area contributed by atoms with Gasteiger partial charge in [0.1, 0.15) is 29.5 Å². The van der Waals surface area contributed by atoms with Crippen LogP contribution in [0.1, 0.15) is 19.8 Å². The summed E-state index contributed by atoms with van der Waals surface area (Å²) in [5, 5.41) is 7.52. The van der Waals surface area contributed by atoms with E-state index in [1.54, 1.807) is 6.92 Å². The molecule has 13 heteroatoms. The predicted octanol–water partition coefficient (Wildman–Crippen LogP) is 2.75. The lowest BCUT2D eigenvalue weighted by Crippen LogP contribution is -2.23. The topological polar surface area (TPSA) is 134 Å². The molecule has 168 valence electrons. The number of carbonyl (C=O) groups is 1.